The van der Waals surface area contributed by atoms with Gasteiger partial charge in [0.05, 0.1) is 0 Å². The van der Waals surface area contributed by atoms with Gasteiger partial charge in [0, 0.05) is 5.69 Å². The number of nitrogen functional groups attached to an aromatic ring is 1. The minimum absolute atomic E-state index is 0. The molecule has 0 aliphatic rings. The average Bonchev–Trinajstić information content (AvgIpc) is 1.99. The third-order valence-corrected chi connectivity index (χ3v) is 2.69. The molecule has 16 heavy (non-hydrogen) atoms. The third kappa shape index (κ3) is 3.71. The van der Waals surface area contributed by atoms with Gasteiger partial charge in [-0.2, -0.15) is 0 Å². The Morgan fingerprint density at radius 3 is 1.31 bits per heavy atom. The van der Waals surface area contributed by atoms with Gasteiger partial charge in [0.1, 0.15) is 0 Å². The number of rotatable bonds is 0. The van der Waals surface area contributed by atoms with E-state index >= 15 is 0 Å². The second-order valence-corrected chi connectivity index (χ2v) is 6.34. The molecular formula is C14H24ClN. The largest absolute Gasteiger partial charge is 0.399 e. The molecule has 0 aromatic heterocycles. The Balaban J connectivity index is 0.00000225. The maximum Gasteiger partial charge on any atom is 0.0319 e. The van der Waals surface area contributed by atoms with E-state index in [1.165, 1.54) is 11.1 Å². The van der Waals surface area contributed by atoms with Crippen LogP contribution in [-0.4, -0.2) is 0 Å². The van der Waals surface area contributed by atoms with Crippen LogP contribution in [0.1, 0.15) is 52.7 Å². The van der Waals surface area contributed by atoms with Crippen molar-refractivity contribution in [1.82, 2.24) is 0 Å². The molecule has 0 bridgehead atoms. The molecule has 0 aliphatic carbocycles. The summed E-state index contributed by atoms with van der Waals surface area (Å²) in [6.07, 6.45) is 0. The molecule has 1 rings (SSSR count). The maximum absolute atomic E-state index is 5.95. The lowest BCUT2D eigenvalue weighted by atomic mass is 9.80. The SMILES string of the molecule is CC(C)(C)c1cc(N)cc(C(C)(C)C)c1.Cl. The molecule has 1 nitrogen and oxygen atoms in total. The van der Waals surface area contributed by atoms with Crippen LogP contribution < -0.4 is 5.73 Å². The van der Waals surface area contributed by atoms with E-state index in [-0.39, 0.29) is 23.2 Å². The Kier molecular flexibility index (Phi) is 4.46. The quantitative estimate of drug-likeness (QED) is 0.674. The molecule has 0 heterocycles. The number of hydrogen-bond donors (Lipinski definition) is 1. The van der Waals surface area contributed by atoms with E-state index in [1.54, 1.807) is 0 Å². The molecule has 0 fully saturated rings. The highest BCUT2D eigenvalue weighted by Gasteiger charge is 2.19. The number of anilines is 1. The van der Waals surface area contributed by atoms with Crippen molar-refractivity contribution >= 4 is 18.1 Å². The fraction of sp³-hybridized carbons (Fsp3) is 0.571. The van der Waals surface area contributed by atoms with Crippen molar-refractivity contribution in [1.29, 1.82) is 0 Å². The molecule has 2 heteroatoms. The zero-order chi connectivity index (χ0) is 11.9. The van der Waals surface area contributed by atoms with E-state index in [0.29, 0.717) is 0 Å². The van der Waals surface area contributed by atoms with E-state index in [2.05, 4.69) is 59.7 Å². The average molecular weight is 242 g/mol. The van der Waals surface area contributed by atoms with Gasteiger partial charge in [-0.05, 0) is 34.1 Å². The van der Waals surface area contributed by atoms with Crippen LogP contribution in [0.15, 0.2) is 18.2 Å². The molecule has 0 unspecified atom stereocenters. The monoisotopic (exact) mass is 241 g/mol. The van der Waals surface area contributed by atoms with Crippen molar-refractivity contribution in [2.45, 2.75) is 52.4 Å². The van der Waals surface area contributed by atoms with E-state index in [9.17, 15) is 0 Å². The minimum Gasteiger partial charge on any atom is -0.399 e. The normalized spacial score (nSPS) is 12.1. The summed E-state index contributed by atoms with van der Waals surface area (Å²) in [5.41, 5.74) is 9.77. The highest BCUT2D eigenvalue weighted by atomic mass is 35.5. The summed E-state index contributed by atoms with van der Waals surface area (Å²) in [6.45, 7) is 13.3. The lowest BCUT2D eigenvalue weighted by Crippen LogP contribution is -2.16. The highest BCUT2D eigenvalue weighted by Crippen LogP contribution is 2.30. The highest BCUT2D eigenvalue weighted by molar-refractivity contribution is 5.85. The van der Waals surface area contributed by atoms with Gasteiger partial charge in [0.25, 0.3) is 0 Å². The maximum atomic E-state index is 5.95. The number of halogens is 1. The molecule has 0 atom stereocenters. The second-order valence-electron chi connectivity index (χ2n) is 6.34. The summed E-state index contributed by atoms with van der Waals surface area (Å²) in [5.74, 6) is 0. The Morgan fingerprint density at radius 1 is 0.750 bits per heavy atom. The van der Waals surface area contributed by atoms with Gasteiger partial charge >= 0.3 is 0 Å². The van der Waals surface area contributed by atoms with Crippen LogP contribution in [0.3, 0.4) is 0 Å². The van der Waals surface area contributed by atoms with Crippen molar-refractivity contribution in [3.05, 3.63) is 29.3 Å². The van der Waals surface area contributed by atoms with Gasteiger partial charge in [0.15, 0.2) is 0 Å². The molecular weight excluding hydrogens is 218 g/mol. The lowest BCUT2D eigenvalue weighted by molar-refractivity contribution is 0.569. The zero-order valence-corrected chi connectivity index (χ0v) is 12.0. The molecule has 0 saturated heterocycles. The van der Waals surface area contributed by atoms with E-state index < -0.39 is 0 Å². The Morgan fingerprint density at radius 2 is 1.06 bits per heavy atom. The van der Waals surface area contributed by atoms with E-state index in [4.69, 9.17) is 5.73 Å². The standard InChI is InChI=1S/C14H23N.ClH/c1-13(2,3)10-7-11(14(4,5)6)9-12(15)8-10;/h7-9H,15H2,1-6H3;1H. The minimum atomic E-state index is 0. The first-order valence-corrected chi connectivity index (χ1v) is 5.52. The molecule has 0 amide bonds. The molecule has 1 aromatic carbocycles. The second kappa shape index (κ2) is 4.67. The first-order chi connectivity index (χ1) is 6.60. The zero-order valence-electron chi connectivity index (χ0n) is 11.2. The fourth-order valence-corrected chi connectivity index (χ4v) is 1.52. The molecule has 0 radical (unpaired) electrons. The predicted molar refractivity (Wildman–Crippen MR) is 75.5 cm³/mol. The first-order valence-electron chi connectivity index (χ1n) is 5.52. The molecule has 0 saturated carbocycles. The van der Waals surface area contributed by atoms with Crippen molar-refractivity contribution in [2.24, 2.45) is 0 Å². The Hall–Kier alpha value is -0.690. The number of hydrogen-bond acceptors (Lipinski definition) is 1. The first kappa shape index (κ1) is 15.3. The van der Waals surface area contributed by atoms with Gasteiger partial charge in [-0.3, -0.25) is 0 Å². The summed E-state index contributed by atoms with van der Waals surface area (Å²) in [6, 6.07) is 6.43. The summed E-state index contributed by atoms with van der Waals surface area (Å²) < 4.78 is 0. The summed E-state index contributed by atoms with van der Waals surface area (Å²) in [5, 5.41) is 0. The summed E-state index contributed by atoms with van der Waals surface area (Å²) in [7, 11) is 0. The van der Waals surface area contributed by atoms with Crippen LogP contribution in [0.25, 0.3) is 0 Å². The molecule has 92 valence electrons. The topological polar surface area (TPSA) is 26.0 Å². The predicted octanol–water partition coefficient (Wildman–Crippen LogP) is 4.29. The van der Waals surface area contributed by atoms with Crippen LogP contribution >= 0.6 is 12.4 Å². The van der Waals surface area contributed by atoms with Gasteiger partial charge in [-0.15, -0.1) is 12.4 Å². The van der Waals surface area contributed by atoms with Gasteiger partial charge in [0.2, 0.25) is 0 Å². The van der Waals surface area contributed by atoms with E-state index in [1.807, 2.05) is 0 Å². The van der Waals surface area contributed by atoms with Crippen molar-refractivity contribution in [3.63, 3.8) is 0 Å². The molecule has 2 N–H and O–H groups in total. The fourth-order valence-electron chi connectivity index (χ4n) is 1.52. The van der Waals surface area contributed by atoms with E-state index in [0.717, 1.165) is 5.69 Å². The van der Waals surface area contributed by atoms with Crippen molar-refractivity contribution in [2.75, 3.05) is 5.73 Å². The molecule has 0 aliphatic heterocycles. The van der Waals surface area contributed by atoms with Crippen LogP contribution in [0, 0.1) is 0 Å². The number of benzene rings is 1. The molecule has 0 spiro atoms. The van der Waals surface area contributed by atoms with Crippen molar-refractivity contribution in [3.8, 4) is 0 Å². The van der Waals surface area contributed by atoms with Gasteiger partial charge in [-0.25, -0.2) is 0 Å². The van der Waals surface area contributed by atoms with Crippen LogP contribution in [-0.2, 0) is 10.8 Å². The van der Waals surface area contributed by atoms with Crippen LogP contribution in [0.5, 0.6) is 0 Å². The van der Waals surface area contributed by atoms with Crippen LogP contribution in [0.4, 0.5) is 5.69 Å². The van der Waals surface area contributed by atoms with Crippen molar-refractivity contribution < 1.29 is 0 Å². The smallest absolute Gasteiger partial charge is 0.0319 e. The van der Waals surface area contributed by atoms with Gasteiger partial charge < -0.3 is 5.73 Å². The summed E-state index contributed by atoms with van der Waals surface area (Å²) in [4.78, 5) is 0. The third-order valence-electron chi connectivity index (χ3n) is 2.69. The number of nitrogens with two attached hydrogens (primary N) is 1. The Bertz CT molecular complexity index is 324. The van der Waals surface area contributed by atoms with Crippen LogP contribution in [0.2, 0.25) is 0 Å². The molecule has 1 aromatic rings. The Labute approximate surface area is 106 Å². The van der Waals surface area contributed by atoms with Gasteiger partial charge in [-0.1, -0.05) is 47.6 Å². The summed E-state index contributed by atoms with van der Waals surface area (Å²) >= 11 is 0. The lowest BCUT2D eigenvalue weighted by Gasteiger charge is -2.25.